The molecule has 1 aromatic rings. The highest BCUT2D eigenvalue weighted by atomic mass is 16.6. The smallest absolute Gasteiger partial charge is 0.323 e. The van der Waals surface area contributed by atoms with Crippen molar-refractivity contribution < 1.29 is 34.8 Å². The fourth-order valence-corrected chi connectivity index (χ4v) is 1.92. The van der Waals surface area contributed by atoms with Gasteiger partial charge in [0.25, 0.3) is 0 Å². The molecule has 128 valence electrons. The van der Waals surface area contributed by atoms with Crippen LogP contribution in [0, 0.1) is 0 Å². The van der Waals surface area contributed by atoms with E-state index in [1.807, 2.05) is 0 Å². The lowest BCUT2D eigenvalue weighted by molar-refractivity contribution is -0.175. The van der Waals surface area contributed by atoms with Crippen LogP contribution in [0.5, 0.6) is 0 Å². The second-order valence-electron chi connectivity index (χ2n) is 5.06. The van der Waals surface area contributed by atoms with Crippen molar-refractivity contribution in [3.8, 4) is 0 Å². The third-order valence-corrected chi connectivity index (χ3v) is 3.25. The van der Waals surface area contributed by atoms with E-state index in [0.717, 1.165) is 5.56 Å². The minimum Gasteiger partial charge on any atom is -0.455 e. The van der Waals surface area contributed by atoms with Gasteiger partial charge in [-0.15, -0.1) is 0 Å². The number of hydrogen-bond acceptors (Lipinski definition) is 8. The Labute approximate surface area is 133 Å². The Morgan fingerprint density at radius 3 is 2.35 bits per heavy atom. The van der Waals surface area contributed by atoms with E-state index in [1.54, 1.807) is 30.3 Å². The standard InChI is InChI=1S/C15H21NO7/c16-10(6-9-4-2-1-3-5-9)15(22)23-14(12(20)8-18)13(21)11(19)7-17/h1-5,8,10-14,17,19-21H,6-7,16H2/t10-,11+,12-,13+,14+/m0/s1. The number of carbonyl (C=O) groups excluding carboxylic acids is 2. The first-order chi connectivity index (χ1) is 10.9. The lowest BCUT2D eigenvalue weighted by Crippen LogP contribution is -2.51. The van der Waals surface area contributed by atoms with Gasteiger partial charge in [0.05, 0.1) is 6.61 Å². The largest absolute Gasteiger partial charge is 0.455 e. The maximum Gasteiger partial charge on any atom is 0.323 e. The average Bonchev–Trinajstić information content (AvgIpc) is 2.58. The van der Waals surface area contributed by atoms with Crippen LogP contribution >= 0.6 is 0 Å². The van der Waals surface area contributed by atoms with Gasteiger partial charge < -0.3 is 35.7 Å². The quantitative estimate of drug-likeness (QED) is 0.252. The lowest BCUT2D eigenvalue weighted by atomic mass is 10.0. The van der Waals surface area contributed by atoms with Gasteiger partial charge in [0.15, 0.2) is 12.4 Å². The monoisotopic (exact) mass is 327 g/mol. The molecule has 5 atom stereocenters. The predicted octanol–water partition coefficient (Wildman–Crippen LogP) is -2.26. The molecule has 8 heteroatoms. The van der Waals surface area contributed by atoms with Crippen molar-refractivity contribution in [3.63, 3.8) is 0 Å². The first kappa shape index (κ1) is 19.2. The molecule has 0 aliphatic heterocycles. The molecule has 0 fully saturated rings. The SMILES string of the molecule is N[C@@H](Cc1ccccc1)C(=O)O[C@@H]([C@H](O)[C@H](O)CO)[C@@H](O)C=O. The van der Waals surface area contributed by atoms with Gasteiger partial charge >= 0.3 is 5.97 Å². The molecule has 0 bridgehead atoms. The number of benzene rings is 1. The van der Waals surface area contributed by atoms with Crippen LogP contribution in [0.3, 0.4) is 0 Å². The third-order valence-electron chi connectivity index (χ3n) is 3.25. The zero-order chi connectivity index (χ0) is 17.4. The summed E-state index contributed by atoms with van der Waals surface area (Å²) < 4.78 is 4.86. The molecular formula is C15H21NO7. The maximum atomic E-state index is 12.0. The van der Waals surface area contributed by atoms with E-state index >= 15 is 0 Å². The van der Waals surface area contributed by atoms with E-state index in [4.69, 9.17) is 15.6 Å². The Balaban J connectivity index is 2.74. The van der Waals surface area contributed by atoms with Gasteiger partial charge in [-0.25, -0.2) is 0 Å². The summed E-state index contributed by atoms with van der Waals surface area (Å²) in [6, 6.07) is 7.78. The topological polar surface area (TPSA) is 150 Å². The second kappa shape index (κ2) is 9.33. The number of hydrogen-bond donors (Lipinski definition) is 5. The number of esters is 1. The van der Waals surface area contributed by atoms with Gasteiger partial charge in [0, 0.05) is 0 Å². The van der Waals surface area contributed by atoms with E-state index in [9.17, 15) is 24.9 Å². The van der Waals surface area contributed by atoms with Crippen molar-refractivity contribution in [2.45, 2.75) is 36.9 Å². The van der Waals surface area contributed by atoms with E-state index < -0.39 is 43.0 Å². The average molecular weight is 327 g/mol. The Kier molecular flexibility index (Phi) is 7.79. The Bertz CT molecular complexity index is 496. The van der Waals surface area contributed by atoms with Crippen molar-refractivity contribution in [1.82, 2.24) is 0 Å². The van der Waals surface area contributed by atoms with Crippen LogP contribution in [-0.2, 0) is 20.7 Å². The van der Waals surface area contributed by atoms with Crippen molar-refractivity contribution in [1.29, 1.82) is 0 Å². The maximum absolute atomic E-state index is 12.0. The Morgan fingerprint density at radius 2 is 1.83 bits per heavy atom. The van der Waals surface area contributed by atoms with Crippen molar-refractivity contribution >= 4 is 12.3 Å². The van der Waals surface area contributed by atoms with Crippen LogP contribution in [0.25, 0.3) is 0 Å². The van der Waals surface area contributed by atoms with Crippen LogP contribution in [0.2, 0.25) is 0 Å². The molecule has 0 amide bonds. The van der Waals surface area contributed by atoms with Crippen LogP contribution in [0.1, 0.15) is 5.56 Å². The summed E-state index contributed by atoms with van der Waals surface area (Å²) in [5, 5.41) is 37.4. The molecule has 0 radical (unpaired) electrons. The van der Waals surface area contributed by atoms with Gasteiger partial charge in [-0.2, -0.15) is 0 Å². The van der Waals surface area contributed by atoms with Gasteiger partial charge in [-0.3, -0.25) is 4.79 Å². The summed E-state index contributed by atoms with van der Waals surface area (Å²) in [5.41, 5.74) is 6.49. The predicted molar refractivity (Wildman–Crippen MR) is 79.2 cm³/mol. The van der Waals surface area contributed by atoms with Crippen molar-refractivity contribution in [3.05, 3.63) is 35.9 Å². The van der Waals surface area contributed by atoms with Gasteiger partial charge in [-0.05, 0) is 12.0 Å². The molecule has 23 heavy (non-hydrogen) atoms. The number of aliphatic hydroxyl groups is 4. The summed E-state index contributed by atoms with van der Waals surface area (Å²) in [4.78, 5) is 22.6. The Hall–Kier alpha value is -1.84. The fourth-order valence-electron chi connectivity index (χ4n) is 1.92. The number of ether oxygens (including phenoxy) is 1. The van der Waals surface area contributed by atoms with Crippen molar-refractivity contribution in [2.75, 3.05) is 6.61 Å². The molecule has 0 unspecified atom stereocenters. The molecule has 0 aromatic heterocycles. The molecule has 6 N–H and O–H groups in total. The fraction of sp³-hybridized carbons (Fsp3) is 0.467. The first-order valence-electron chi connectivity index (χ1n) is 7.01. The van der Waals surface area contributed by atoms with Gasteiger partial charge in [0.2, 0.25) is 0 Å². The number of aliphatic hydroxyl groups excluding tert-OH is 4. The molecule has 0 spiro atoms. The van der Waals surface area contributed by atoms with Crippen LogP contribution in [0.15, 0.2) is 30.3 Å². The second-order valence-corrected chi connectivity index (χ2v) is 5.06. The minimum absolute atomic E-state index is 0.0496. The zero-order valence-electron chi connectivity index (χ0n) is 12.4. The first-order valence-corrected chi connectivity index (χ1v) is 7.01. The van der Waals surface area contributed by atoms with Gasteiger partial charge in [0.1, 0.15) is 24.4 Å². The van der Waals surface area contributed by atoms with E-state index in [1.165, 1.54) is 0 Å². The lowest BCUT2D eigenvalue weighted by Gasteiger charge is -2.28. The molecule has 8 nitrogen and oxygen atoms in total. The zero-order valence-corrected chi connectivity index (χ0v) is 12.4. The highest BCUT2D eigenvalue weighted by Crippen LogP contribution is 2.11. The molecule has 1 aromatic carbocycles. The number of aldehydes is 1. The molecule has 0 aliphatic rings. The summed E-state index contributed by atoms with van der Waals surface area (Å²) >= 11 is 0. The summed E-state index contributed by atoms with van der Waals surface area (Å²) in [6.45, 7) is -0.836. The van der Waals surface area contributed by atoms with Crippen LogP contribution in [0.4, 0.5) is 0 Å². The highest BCUT2D eigenvalue weighted by molar-refractivity contribution is 5.76. The van der Waals surface area contributed by atoms with E-state index in [0.29, 0.717) is 0 Å². The molecule has 0 saturated carbocycles. The molecule has 1 rings (SSSR count). The molecule has 0 heterocycles. The number of rotatable bonds is 9. The molecule has 0 aliphatic carbocycles. The Morgan fingerprint density at radius 1 is 1.22 bits per heavy atom. The van der Waals surface area contributed by atoms with Crippen LogP contribution < -0.4 is 5.73 Å². The van der Waals surface area contributed by atoms with Gasteiger partial charge in [-0.1, -0.05) is 30.3 Å². The van der Waals surface area contributed by atoms with E-state index in [2.05, 4.69) is 0 Å². The normalized spacial score (nSPS) is 17.6. The summed E-state index contributed by atoms with van der Waals surface area (Å²) in [5.74, 6) is -0.955. The summed E-state index contributed by atoms with van der Waals surface area (Å²) in [6.07, 6.45) is -6.92. The molecule has 0 saturated heterocycles. The molecular weight excluding hydrogens is 306 g/mol. The number of carbonyl (C=O) groups is 2. The highest BCUT2D eigenvalue weighted by Gasteiger charge is 2.36. The van der Waals surface area contributed by atoms with Crippen molar-refractivity contribution in [2.24, 2.45) is 5.73 Å². The third kappa shape index (κ3) is 5.70. The minimum atomic E-state index is -1.86. The van der Waals surface area contributed by atoms with E-state index in [-0.39, 0.29) is 12.7 Å². The number of nitrogens with two attached hydrogens (primary N) is 1. The van der Waals surface area contributed by atoms with Crippen LogP contribution in [-0.4, -0.2) is 69.7 Å². The summed E-state index contributed by atoms with van der Waals surface area (Å²) in [7, 11) is 0.